The molecule has 21 heavy (non-hydrogen) atoms. The molecule has 0 aromatic heterocycles. The van der Waals surface area contributed by atoms with Gasteiger partial charge in [0.2, 0.25) is 0 Å². The Balaban J connectivity index is 1.77. The Labute approximate surface area is 129 Å². The molecule has 3 atom stereocenters. The summed E-state index contributed by atoms with van der Waals surface area (Å²) in [5.74, 6) is 0. The number of nitrogens with two attached hydrogens (primary N) is 1. The summed E-state index contributed by atoms with van der Waals surface area (Å²) in [7, 11) is 0. The predicted octanol–water partition coefficient (Wildman–Crippen LogP) is 2.42. The highest BCUT2D eigenvalue weighted by atomic mass is 15.3. The van der Waals surface area contributed by atoms with Gasteiger partial charge in [0.25, 0.3) is 0 Å². The number of benzene rings is 1. The molecule has 2 fully saturated rings. The van der Waals surface area contributed by atoms with E-state index in [9.17, 15) is 0 Å². The van der Waals surface area contributed by atoms with Gasteiger partial charge in [-0.3, -0.25) is 9.80 Å². The molecule has 0 amide bonds. The number of piperazine rings is 1. The standard InChI is InChI=1S/C18H29N3/c1-3-15-6-8-16(9-7-15)18(11-19)21-13-17-5-4-10-20(17)12-14(21)2/h6-9,14,17-18H,3-5,10-13,19H2,1-2H3. The van der Waals surface area contributed by atoms with Crippen molar-refractivity contribution in [2.45, 2.75) is 51.2 Å². The van der Waals surface area contributed by atoms with E-state index in [-0.39, 0.29) is 0 Å². The highest BCUT2D eigenvalue weighted by Gasteiger charge is 2.37. The highest BCUT2D eigenvalue weighted by molar-refractivity contribution is 5.25. The SMILES string of the molecule is CCc1ccc(C(CN)N2CC3CCCN3CC2C)cc1. The van der Waals surface area contributed by atoms with Crippen LogP contribution in [0.25, 0.3) is 0 Å². The molecule has 0 radical (unpaired) electrons. The van der Waals surface area contributed by atoms with Crippen molar-refractivity contribution in [1.29, 1.82) is 0 Å². The average Bonchev–Trinajstić information content (AvgIpc) is 2.96. The van der Waals surface area contributed by atoms with Crippen molar-refractivity contribution < 1.29 is 0 Å². The van der Waals surface area contributed by atoms with Gasteiger partial charge in [0.05, 0.1) is 0 Å². The largest absolute Gasteiger partial charge is 0.329 e. The first-order valence-electron chi connectivity index (χ1n) is 8.51. The lowest BCUT2D eigenvalue weighted by molar-refractivity contribution is 0.0296. The highest BCUT2D eigenvalue weighted by Crippen LogP contribution is 2.31. The summed E-state index contributed by atoms with van der Waals surface area (Å²) < 4.78 is 0. The Hall–Kier alpha value is -0.900. The Bertz CT molecular complexity index is 456. The van der Waals surface area contributed by atoms with Gasteiger partial charge in [0, 0.05) is 37.8 Å². The molecule has 3 heteroatoms. The lowest BCUT2D eigenvalue weighted by Gasteiger charge is -2.46. The Kier molecular flexibility index (Phi) is 4.63. The summed E-state index contributed by atoms with van der Waals surface area (Å²) in [5.41, 5.74) is 8.94. The smallest absolute Gasteiger partial charge is 0.0474 e. The second-order valence-corrected chi connectivity index (χ2v) is 6.68. The quantitative estimate of drug-likeness (QED) is 0.923. The van der Waals surface area contributed by atoms with Crippen LogP contribution in [0.2, 0.25) is 0 Å². The van der Waals surface area contributed by atoms with Crippen LogP contribution in [0.1, 0.15) is 43.9 Å². The Morgan fingerprint density at radius 3 is 2.67 bits per heavy atom. The maximum Gasteiger partial charge on any atom is 0.0474 e. The van der Waals surface area contributed by atoms with Crippen LogP contribution in [-0.2, 0) is 6.42 Å². The Morgan fingerprint density at radius 1 is 1.24 bits per heavy atom. The lowest BCUT2D eigenvalue weighted by Crippen LogP contribution is -2.56. The van der Waals surface area contributed by atoms with Gasteiger partial charge in [-0.15, -0.1) is 0 Å². The fourth-order valence-electron chi connectivity index (χ4n) is 4.08. The van der Waals surface area contributed by atoms with Crippen LogP contribution in [0, 0.1) is 0 Å². The molecule has 3 rings (SSSR count). The van der Waals surface area contributed by atoms with E-state index >= 15 is 0 Å². The maximum absolute atomic E-state index is 6.15. The zero-order chi connectivity index (χ0) is 14.8. The van der Waals surface area contributed by atoms with Crippen molar-refractivity contribution in [3.8, 4) is 0 Å². The second kappa shape index (κ2) is 6.47. The van der Waals surface area contributed by atoms with Crippen molar-refractivity contribution in [2.24, 2.45) is 5.73 Å². The number of rotatable bonds is 4. The molecule has 0 saturated carbocycles. The van der Waals surface area contributed by atoms with Crippen molar-refractivity contribution >= 4 is 0 Å². The van der Waals surface area contributed by atoms with E-state index in [1.165, 1.54) is 43.6 Å². The van der Waals surface area contributed by atoms with Gasteiger partial charge in [-0.25, -0.2) is 0 Å². The van der Waals surface area contributed by atoms with Gasteiger partial charge in [0.1, 0.15) is 0 Å². The molecule has 0 spiro atoms. The fraction of sp³-hybridized carbons (Fsp3) is 0.667. The van der Waals surface area contributed by atoms with E-state index in [2.05, 4.69) is 47.9 Å². The predicted molar refractivity (Wildman–Crippen MR) is 88.4 cm³/mol. The first-order chi connectivity index (χ1) is 10.2. The van der Waals surface area contributed by atoms with Gasteiger partial charge in [-0.1, -0.05) is 31.2 Å². The molecule has 116 valence electrons. The van der Waals surface area contributed by atoms with Gasteiger partial charge < -0.3 is 5.73 Å². The van der Waals surface area contributed by atoms with Gasteiger partial charge in [-0.2, -0.15) is 0 Å². The molecular formula is C18H29N3. The van der Waals surface area contributed by atoms with Crippen LogP contribution in [0.15, 0.2) is 24.3 Å². The Morgan fingerprint density at radius 2 is 2.00 bits per heavy atom. The maximum atomic E-state index is 6.15. The fourth-order valence-corrected chi connectivity index (χ4v) is 4.08. The lowest BCUT2D eigenvalue weighted by atomic mass is 9.98. The van der Waals surface area contributed by atoms with E-state index < -0.39 is 0 Å². The minimum absolute atomic E-state index is 0.369. The molecule has 2 aliphatic heterocycles. The normalized spacial score (nSPS) is 28.5. The topological polar surface area (TPSA) is 32.5 Å². The summed E-state index contributed by atoms with van der Waals surface area (Å²) >= 11 is 0. The average molecular weight is 287 g/mol. The molecule has 0 aliphatic carbocycles. The van der Waals surface area contributed by atoms with Crippen LogP contribution in [-0.4, -0.2) is 48.1 Å². The monoisotopic (exact) mass is 287 g/mol. The van der Waals surface area contributed by atoms with E-state index in [0.29, 0.717) is 18.6 Å². The molecule has 2 N–H and O–H groups in total. The van der Waals surface area contributed by atoms with Gasteiger partial charge in [0.15, 0.2) is 0 Å². The van der Waals surface area contributed by atoms with E-state index in [4.69, 9.17) is 5.73 Å². The van der Waals surface area contributed by atoms with Crippen LogP contribution < -0.4 is 5.73 Å². The second-order valence-electron chi connectivity index (χ2n) is 6.68. The molecule has 0 bridgehead atoms. The summed E-state index contributed by atoms with van der Waals surface area (Å²) in [6, 6.07) is 10.8. The number of hydrogen-bond acceptors (Lipinski definition) is 3. The first-order valence-corrected chi connectivity index (χ1v) is 8.51. The minimum Gasteiger partial charge on any atom is -0.329 e. The molecular weight excluding hydrogens is 258 g/mol. The summed E-state index contributed by atoms with van der Waals surface area (Å²) in [4.78, 5) is 5.32. The third-order valence-electron chi connectivity index (χ3n) is 5.38. The van der Waals surface area contributed by atoms with Crippen molar-refractivity contribution in [3.63, 3.8) is 0 Å². The molecule has 2 saturated heterocycles. The number of fused-ring (bicyclic) bond motifs is 1. The molecule has 1 aromatic carbocycles. The van der Waals surface area contributed by atoms with Gasteiger partial charge >= 0.3 is 0 Å². The van der Waals surface area contributed by atoms with Crippen molar-refractivity contribution in [2.75, 3.05) is 26.2 Å². The number of hydrogen-bond donors (Lipinski definition) is 1. The van der Waals surface area contributed by atoms with E-state index in [1.54, 1.807) is 0 Å². The third-order valence-corrected chi connectivity index (χ3v) is 5.38. The molecule has 3 unspecified atom stereocenters. The van der Waals surface area contributed by atoms with Crippen molar-refractivity contribution in [1.82, 2.24) is 9.80 Å². The summed E-state index contributed by atoms with van der Waals surface area (Å²) in [6.07, 6.45) is 3.82. The van der Waals surface area contributed by atoms with Gasteiger partial charge in [-0.05, 0) is 43.9 Å². The molecule has 3 nitrogen and oxygen atoms in total. The third kappa shape index (κ3) is 3.01. The van der Waals surface area contributed by atoms with E-state index in [0.717, 1.165) is 12.5 Å². The van der Waals surface area contributed by atoms with E-state index in [1.807, 2.05) is 0 Å². The zero-order valence-electron chi connectivity index (χ0n) is 13.5. The number of aryl methyl sites for hydroxylation is 1. The van der Waals surface area contributed by atoms with Crippen LogP contribution in [0.3, 0.4) is 0 Å². The number of nitrogens with zero attached hydrogens (tertiary/aromatic N) is 2. The minimum atomic E-state index is 0.369. The van der Waals surface area contributed by atoms with Crippen LogP contribution >= 0.6 is 0 Å². The molecule has 2 aliphatic rings. The van der Waals surface area contributed by atoms with Crippen molar-refractivity contribution in [3.05, 3.63) is 35.4 Å². The van der Waals surface area contributed by atoms with Crippen LogP contribution in [0.4, 0.5) is 0 Å². The summed E-state index contributed by atoms with van der Waals surface area (Å²) in [6.45, 7) is 8.95. The molecule has 1 aromatic rings. The van der Waals surface area contributed by atoms with Crippen LogP contribution in [0.5, 0.6) is 0 Å². The first kappa shape index (κ1) is 15.0. The summed E-state index contributed by atoms with van der Waals surface area (Å²) in [5, 5.41) is 0. The zero-order valence-corrected chi connectivity index (χ0v) is 13.5. The molecule has 2 heterocycles.